The number of piperazine rings is 1. The summed E-state index contributed by atoms with van der Waals surface area (Å²) in [6, 6.07) is 7.78. The molecule has 5 nitrogen and oxygen atoms in total. The van der Waals surface area contributed by atoms with E-state index in [-0.39, 0.29) is 0 Å². The highest BCUT2D eigenvalue weighted by molar-refractivity contribution is 5.38. The SMILES string of the molecule is CN1CCCCC1CN1CC(N2CCN(c3ccccn3)CC2)C1. The van der Waals surface area contributed by atoms with Crippen molar-refractivity contribution in [3.8, 4) is 0 Å². The van der Waals surface area contributed by atoms with Gasteiger partial charge in [-0.1, -0.05) is 12.5 Å². The lowest BCUT2D eigenvalue weighted by Crippen LogP contribution is -2.64. The zero-order valence-corrected chi connectivity index (χ0v) is 15.0. The van der Waals surface area contributed by atoms with E-state index in [9.17, 15) is 0 Å². The summed E-state index contributed by atoms with van der Waals surface area (Å²) in [5.74, 6) is 1.13. The van der Waals surface area contributed by atoms with Crippen LogP contribution >= 0.6 is 0 Å². The molecule has 0 spiro atoms. The topological polar surface area (TPSA) is 25.9 Å². The minimum atomic E-state index is 0.782. The molecule has 3 aliphatic rings. The van der Waals surface area contributed by atoms with Crippen molar-refractivity contribution in [2.75, 3.05) is 64.3 Å². The van der Waals surface area contributed by atoms with Gasteiger partial charge in [-0.3, -0.25) is 9.80 Å². The Morgan fingerprint density at radius 2 is 1.88 bits per heavy atom. The first-order valence-corrected chi connectivity index (χ1v) is 9.62. The minimum absolute atomic E-state index is 0.782. The zero-order chi connectivity index (χ0) is 16.4. The minimum Gasteiger partial charge on any atom is -0.354 e. The summed E-state index contributed by atoms with van der Waals surface area (Å²) in [4.78, 5) is 14.8. The fourth-order valence-electron chi connectivity index (χ4n) is 4.45. The van der Waals surface area contributed by atoms with Gasteiger partial charge >= 0.3 is 0 Å². The van der Waals surface area contributed by atoms with Gasteiger partial charge in [0.15, 0.2) is 0 Å². The summed E-state index contributed by atoms with van der Waals surface area (Å²) in [7, 11) is 2.30. The maximum atomic E-state index is 4.49. The van der Waals surface area contributed by atoms with E-state index in [2.05, 4.69) is 43.8 Å². The Hall–Kier alpha value is -1.17. The molecule has 3 saturated heterocycles. The predicted molar refractivity (Wildman–Crippen MR) is 98.5 cm³/mol. The number of aromatic nitrogens is 1. The monoisotopic (exact) mass is 329 g/mol. The number of likely N-dealkylation sites (tertiary alicyclic amines) is 2. The second-order valence-corrected chi connectivity index (χ2v) is 7.71. The van der Waals surface area contributed by atoms with E-state index in [0.29, 0.717) is 0 Å². The van der Waals surface area contributed by atoms with Gasteiger partial charge in [0.25, 0.3) is 0 Å². The third-order valence-electron chi connectivity index (χ3n) is 6.13. The predicted octanol–water partition coefficient (Wildman–Crippen LogP) is 1.37. The van der Waals surface area contributed by atoms with E-state index in [1.807, 2.05) is 12.3 Å². The van der Waals surface area contributed by atoms with Crippen LogP contribution in [0.4, 0.5) is 5.82 Å². The summed E-state index contributed by atoms with van der Waals surface area (Å²) in [6.07, 6.45) is 6.09. The molecule has 0 bridgehead atoms. The highest BCUT2D eigenvalue weighted by Crippen LogP contribution is 2.22. The number of pyridine rings is 1. The number of likely N-dealkylation sites (N-methyl/N-ethyl adjacent to an activating group) is 1. The number of piperidine rings is 1. The third kappa shape index (κ3) is 3.58. The fourth-order valence-corrected chi connectivity index (χ4v) is 4.45. The Labute approximate surface area is 146 Å². The van der Waals surface area contributed by atoms with Gasteiger partial charge in [-0.2, -0.15) is 0 Å². The normalized spacial score (nSPS) is 28.0. The maximum Gasteiger partial charge on any atom is 0.128 e. The Kier molecular flexibility index (Phi) is 5.01. The van der Waals surface area contributed by atoms with Gasteiger partial charge in [0.05, 0.1) is 0 Å². The van der Waals surface area contributed by atoms with E-state index in [1.165, 1.54) is 58.5 Å². The van der Waals surface area contributed by atoms with Crippen LogP contribution in [0.3, 0.4) is 0 Å². The molecule has 3 fully saturated rings. The molecule has 3 aliphatic heterocycles. The molecule has 0 aromatic carbocycles. The highest BCUT2D eigenvalue weighted by atomic mass is 15.4. The van der Waals surface area contributed by atoms with E-state index in [1.54, 1.807) is 0 Å². The summed E-state index contributed by atoms with van der Waals surface area (Å²) < 4.78 is 0. The number of nitrogens with zero attached hydrogens (tertiary/aromatic N) is 5. The average Bonchev–Trinajstić information content (AvgIpc) is 2.60. The lowest BCUT2D eigenvalue weighted by molar-refractivity contribution is 0.00885. The van der Waals surface area contributed by atoms with Crippen LogP contribution in [0.15, 0.2) is 24.4 Å². The average molecular weight is 329 g/mol. The molecule has 0 aliphatic carbocycles. The summed E-state index contributed by atoms with van der Waals surface area (Å²) in [5.41, 5.74) is 0. The van der Waals surface area contributed by atoms with Crippen molar-refractivity contribution in [2.24, 2.45) is 0 Å². The molecule has 132 valence electrons. The molecule has 0 amide bonds. The van der Waals surface area contributed by atoms with Crippen molar-refractivity contribution in [3.63, 3.8) is 0 Å². The summed E-state index contributed by atoms with van der Waals surface area (Å²) in [5, 5.41) is 0. The van der Waals surface area contributed by atoms with Gasteiger partial charge in [-0.15, -0.1) is 0 Å². The molecule has 4 heterocycles. The van der Waals surface area contributed by atoms with Crippen LogP contribution in [-0.2, 0) is 0 Å². The molecule has 0 N–H and O–H groups in total. The van der Waals surface area contributed by atoms with Crippen molar-refractivity contribution >= 4 is 5.82 Å². The van der Waals surface area contributed by atoms with Crippen LogP contribution in [0.25, 0.3) is 0 Å². The van der Waals surface area contributed by atoms with Gasteiger partial charge in [0.1, 0.15) is 5.82 Å². The Morgan fingerprint density at radius 1 is 1.04 bits per heavy atom. The molecule has 24 heavy (non-hydrogen) atoms. The molecule has 1 unspecified atom stereocenters. The van der Waals surface area contributed by atoms with Crippen LogP contribution in [0.5, 0.6) is 0 Å². The number of anilines is 1. The standard InChI is InChI=1S/C19H31N5/c1-21-9-5-3-6-17(21)14-22-15-18(16-22)23-10-12-24(13-11-23)19-7-2-4-8-20-19/h2,4,7-8,17-18H,3,5-6,9-16H2,1H3. The first-order valence-electron chi connectivity index (χ1n) is 9.62. The Balaban J connectivity index is 1.20. The van der Waals surface area contributed by atoms with Gasteiger partial charge < -0.3 is 9.80 Å². The lowest BCUT2D eigenvalue weighted by atomic mass is 9.99. The van der Waals surface area contributed by atoms with E-state index < -0.39 is 0 Å². The van der Waals surface area contributed by atoms with Crippen LogP contribution in [0.1, 0.15) is 19.3 Å². The Morgan fingerprint density at radius 3 is 2.58 bits per heavy atom. The maximum absolute atomic E-state index is 4.49. The highest BCUT2D eigenvalue weighted by Gasteiger charge is 2.35. The van der Waals surface area contributed by atoms with E-state index >= 15 is 0 Å². The van der Waals surface area contributed by atoms with Crippen LogP contribution in [0, 0.1) is 0 Å². The number of hydrogen-bond donors (Lipinski definition) is 0. The second-order valence-electron chi connectivity index (χ2n) is 7.71. The van der Waals surface area contributed by atoms with Gasteiger partial charge in [0.2, 0.25) is 0 Å². The lowest BCUT2D eigenvalue weighted by Gasteiger charge is -2.50. The van der Waals surface area contributed by atoms with Crippen LogP contribution < -0.4 is 4.90 Å². The molecular formula is C19H31N5. The molecule has 1 aromatic heterocycles. The van der Waals surface area contributed by atoms with Gasteiger partial charge in [0, 0.05) is 64.1 Å². The van der Waals surface area contributed by atoms with Crippen molar-refractivity contribution in [1.29, 1.82) is 0 Å². The van der Waals surface area contributed by atoms with Crippen molar-refractivity contribution in [2.45, 2.75) is 31.3 Å². The fraction of sp³-hybridized carbons (Fsp3) is 0.737. The quantitative estimate of drug-likeness (QED) is 0.831. The zero-order valence-electron chi connectivity index (χ0n) is 15.0. The molecule has 0 saturated carbocycles. The van der Waals surface area contributed by atoms with Gasteiger partial charge in [-0.05, 0) is 38.6 Å². The van der Waals surface area contributed by atoms with Crippen LogP contribution in [0.2, 0.25) is 0 Å². The first kappa shape index (κ1) is 16.3. The smallest absolute Gasteiger partial charge is 0.128 e. The van der Waals surface area contributed by atoms with Crippen molar-refractivity contribution < 1.29 is 0 Å². The number of rotatable bonds is 4. The largest absolute Gasteiger partial charge is 0.354 e. The Bertz CT molecular complexity index is 508. The van der Waals surface area contributed by atoms with Gasteiger partial charge in [-0.25, -0.2) is 4.98 Å². The molecule has 0 radical (unpaired) electrons. The second kappa shape index (κ2) is 7.38. The van der Waals surface area contributed by atoms with Crippen molar-refractivity contribution in [3.05, 3.63) is 24.4 Å². The molecule has 4 rings (SSSR count). The number of hydrogen-bond acceptors (Lipinski definition) is 5. The first-order chi connectivity index (χ1) is 11.8. The van der Waals surface area contributed by atoms with Crippen molar-refractivity contribution in [1.82, 2.24) is 19.7 Å². The van der Waals surface area contributed by atoms with E-state index in [0.717, 1.165) is 31.0 Å². The summed E-state index contributed by atoms with van der Waals surface area (Å²) in [6.45, 7) is 9.69. The molecule has 5 heteroatoms. The van der Waals surface area contributed by atoms with E-state index in [4.69, 9.17) is 0 Å². The molecule has 1 aromatic rings. The summed E-state index contributed by atoms with van der Waals surface area (Å²) >= 11 is 0. The third-order valence-corrected chi connectivity index (χ3v) is 6.13. The molecular weight excluding hydrogens is 298 g/mol. The molecule has 1 atom stereocenters. The van der Waals surface area contributed by atoms with Crippen LogP contribution in [-0.4, -0.2) is 91.2 Å².